The van der Waals surface area contributed by atoms with Crippen LogP contribution in [0.2, 0.25) is 0 Å². The van der Waals surface area contributed by atoms with E-state index in [0.717, 1.165) is 5.69 Å². The van der Waals surface area contributed by atoms with Gasteiger partial charge in [0, 0.05) is 24.1 Å². The fourth-order valence-corrected chi connectivity index (χ4v) is 2.75. The number of hydrogen-bond acceptors (Lipinski definition) is 3. The minimum absolute atomic E-state index is 0.593. The van der Waals surface area contributed by atoms with E-state index < -0.39 is 0 Å². The van der Waals surface area contributed by atoms with E-state index in [4.69, 9.17) is 0 Å². The molecule has 106 valence electrons. The van der Waals surface area contributed by atoms with Crippen molar-refractivity contribution < 1.29 is 0 Å². The zero-order valence-corrected chi connectivity index (χ0v) is 12.0. The fourth-order valence-electron chi connectivity index (χ4n) is 2.75. The molecule has 1 fully saturated rings. The molecule has 1 N–H and O–H groups in total. The molecular weight excluding hydrogens is 248 g/mol. The largest absolute Gasteiger partial charge is 0.382 e. The molecule has 3 rings (SSSR count). The third kappa shape index (κ3) is 3.20. The first-order valence-corrected chi connectivity index (χ1v) is 7.36. The number of benzene rings is 1. The molecule has 1 aliphatic rings. The summed E-state index contributed by atoms with van der Waals surface area (Å²) in [5.74, 6) is 0. The second-order valence-electron chi connectivity index (χ2n) is 5.57. The molecule has 1 atom stereocenters. The van der Waals surface area contributed by atoms with Gasteiger partial charge in [-0.25, -0.2) is 4.68 Å². The van der Waals surface area contributed by atoms with Crippen molar-refractivity contribution in [2.45, 2.75) is 25.3 Å². The molecule has 1 saturated heterocycles. The Morgan fingerprint density at radius 2 is 2.00 bits per heavy atom. The van der Waals surface area contributed by atoms with Gasteiger partial charge in [0.2, 0.25) is 0 Å². The zero-order chi connectivity index (χ0) is 13.8. The maximum absolute atomic E-state index is 4.24. The van der Waals surface area contributed by atoms with Crippen molar-refractivity contribution in [3.63, 3.8) is 0 Å². The van der Waals surface area contributed by atoms with Gasteiger partial charge in [-0.2, -0.15) is 5.10 Å². The van der Waals surface area contributed by atoms with Gasteiger partial charge in [-0.3, -0.25) is 0 Å². The Kier molecular flexibility index (Phi) is 4.02. The molecule has 0 spiro atoms. The van der Waals surface area contributed by atoms with E-state index in [9.17, 15) is 0 Å². The van der Waals surface area contributed by atoms with Gasteiger partial charge in [0.05, 0.1) is 5.69 Å². The quantitative estimate of drug-likeness (QED) is 0.931. The second kappa shape index (κ2) is 6.09. The van der Waals surface area contributed by atoms with E-state index in [1.165, 1.54) is 38.0 Å². The van der Waals surface area contributed by atoms with Crippen molar-refractivity contribution >= 4 is 5.69 Å². The lowest BCUT2D eigenvalue weighted by Crippen LogP contribution is -2.22. The Morgan fingerprint density at radius 3 is 2.75 bits per heavy atom. The monoisotopic (exact) mass is 270 g/mol. The highest BCUT2D eigenvalue weighted by Crippen LogP contribution is 2.18. The van der Waals surface area contributed by atoms with E-state index >= 15 is 0 Å². The van der Waals surface area contributed by atoms with E-state index in [1.54, 1.807) is 6.20 Å². The number of rotatable bonds is 3. The molecule has 0 radical (unpaired) electrons. The Morgan fingerprint density at radius 1 is 1.15 bits per heavy atom. The second-order valence-corrected chi connectivity index (χ2v) is 5.57. The molecule has 1 aromatic carbocycles. The van der Waals surface area contributed by atoms with Crippen LogP contribution in [0.15, 0.2) is 42.7 Å². The molecule has 2 aromatic rings. The number of nitrogens with one attached hydrogen (secondary N) is 1. The summed E-state index contributed by atoms with van der Waals surface area (Å²) in [5.41, 5.74) is 2.30. The Labute approximate surface area is 120 Å². The van der Waals surface area contributed by atoms with Crippen LogP contribution in [0.5, 0.6) is 0 Å². The van der Waals surface area contributed by atoms with Crippen molar-refractivity contribution in [1.82, 2.24) is 14.7 Å². The standard InChI is InChI=1S/C16H22N4/c1-19-11-2-4-14(9-13-19)18-15-5-7-16(8-6-15)20-12-3-10-17-20/h3,5-8,10,12,14,18H,2,4,9,11,13H2,1H3. The normalized spacial score (nSPS) is 20.6. The smallest absolute Gasteiger partial charge is 0.0647 e. The van der Waals surface area contributed by atoms with Crippen LogP contribution in [-0.2, 0) is 0 Å². The summed E-state index contributed by atoms with van der Waals surface area (Å²) in [6.45, 7) is 2.40. The van der Waals surface area contributed by atoms with Gasteiger partial charge in [0.25, 0.3) is 0 Å². The van der Waals surface area contributed by atoms with Crippen LogP contribution < -0.4 is 5.32 Å². The summed E-state index contributed by atoms with van der Waals surface area (Å²) >= 11 is 0. The van der Waals surface area contributed by atoms with E-state index in [-0.39, 0.29) is 0 Å². The predicted octanol–water partition coefficient (Wildman–Crippen LogP) is 2.77. The van der Waals surface area contributed by atoms with Crippen LogP contribution >= 0.6 is 0 Å². The van der Waals surface area contributed by atoms with Crippen molar-refractivity contribution in [1.29, 1.82) is 0 Å². The number of aromatic nitrogens is 2. The van der Waals surface area contributed by atoms with Crippen molar-refractivity contribution in [2.75, 3.05) is 25.5 Å². The lowest BCUT2D eigenvalue weighted by Gasteiger charge is -2.18. The summed E-state index contributed by atoms with van der Waals surface area (Å²) in [7, 11) is 2.21. The molecule has 0 amide bonds. The van der Waals surface area contributed by atoms with Gasteiger partial charge in [-0.15, -0.1) is 0 Å². The predicted molar refractivity (Wildman–Crippen MR) is 82.3 cm³/mol. The minimum Gasteiger partial charge on any atom is -0.382 e. The third-order valence-corrected chi connectivity index (χ3v) is 3.96. The summed E-state index contributed by atoms with van der Waals surface area (Å²) in [6, 6.07) is 11.0. The Bertz CT molecular complexity index is 518. The molecule has 4 heteroatoms. The molecule has 0 saturated carbocycles. The molecule has 1 aromatic heterocycles. The average Bonchev–Trinajstić information content (AvgIpc) is 2.92. The number of nitrogens with zero attached hydrogens (tertiary/aromatic N) is 3. The number of likely N-dealkylation sites (tertiary alicyclic amines) is 1. The third-order valence-electron chi connectivity index (χ3n) is 3.96. The van der Waals surface area contributed by atoms with E-state index in [1.807, 2.05) is 16.9 Å². The Balaban J connectivity index is 1.63. The average molecular weight is 270 g/mol. The number of hydrogen-bond donors (Lipinski definition) is 1. The summed E-state index contributed by atoms with van der Waals surface area (Å²) in [6.07, 6.45) is 7.51. The minimum atomic E-state index is 0.593. The fraction of sp³-hybridized carbons (Fsp3) is 0.438. The highest BCUT2D eigenvalue weighted by atomic mass is 15.3. The molecule has 20 heavy (non-hydrogen) atoms. The van der Waals surface area contributed by atoms with Gasteiger partial charge in [0.15, 0.2) is 0 Å². The zero-order valence-electron chi connectivity index (χ0n) is 12.0. The number of anilines is 1. The lowest BCUT2D eigenvalue weighted by molar-refractivity contribution is 0.348. The topological polar surface area (TPSA) is 33.1 Å². The summed E-state index contributed by atoms with van der Waals surface area (Å²) < 4.78 is 1.88. The van der Waals surface area contributed by atoms with Crippen LogP contribution in [0.3, 0.4) is 0 Å². The lowest BCUT2D eigenvalue weighted by atomic mass is 10.1. The first-order valence-electron chi connectivity index (χ1n) is 7.36. The summed E-state index contributed by atoms with van der Waals surface area (Å²) in [4.78, 5) is 2.42. The van der Waals surface area contributed by atoms with Gasteiger partial charge in [-0.05, 0) is 69.7 Å². The molecule has 0 aliphatic carbocycles. The highest BCUT2D eigenvalue weighted by Gasteiger charge is 2.14. The van der Waals surface area contributed by atoms with Gasteiger partial charge >= 0.3 is 0 Å². The van der Waals surface area contributed by atoms with Crippen LogP contribution in [0.4, 0.5) is 5.69 Å². The first-order chi connectivity index (χ1) is 9.81. The van der Waals surface area contributed by atoms with Crippen LogP contribution in [0.25, 0.3) is 5.69 Å². The summed E-state index contributed by atoms with van der Waals surface area (Å²) in [5, 5.41) is 7.90. The van der Waals surface area contributed by atoms with Gasteiger partial charge < -0.3 is 10.2 Å². The highest BCUT2D eigenvalue weighted by molar-refractivity contribution is 5.49. The molecule has 0 bridgehead atoms. The first kappa shape index (κ1) is 13.2. The van der Waals surface area contributed by atoms with Crippen molar-refractivity contribution in [2.24, 2.45) is 0 Å². The maximum Gasteiger partial charge on any atom is 0.0647 e. The van der Waals surface area contributed by atoms with Crippen molar-refractivity contribution in [3.8, 4) is 5.69 Å². The van der Waals surface area contributed by atoms with Gasteiger partial charge in [-0.1, -0.05) is 0 Å². The van der Waals surface area contributed by atoms with Crippen LogP contribution in [0.1, 0.15) is 19.3 Å². The van der Waals surface area contributed by atoms with E-state index in [2.05, 4.69) is 46.6 Å². The molecule has 1 unspecified atom stereocenters. The Hall–Kier alpha value is -1.81. The van der Waals surface area contributed by atoms with Crippen LogP contribution in [0, 0.1) is 0 Å². The molecule has 2 heterocycles. The van der Waals surface area contributed by atoms with Crippen molar-refractivity contribution in [3.05, 3.63) is 42.7 Å². The molecular formula is C16H22N4. The molecule has 4 nitrogen and oxygen atoms in total. The van der Waals surface area contributed by atoms with Crippen LogP contribution in [-0.4, -0.2) is 40.9 Å². The maximum atomic E-state index is 4.24. The molecule has 1 aliphatic heterocycles. The van der Waals surface area contributed by atoms with Gasteiger partial charge in [0.1, 0.15) is 0 Å². The van der Waals surface area contributed by atoms with E-state index in [0.29, 0.717) is 6.04 Å². The SMILES string of the molecule is CN1CCCC(Nc2ccc(-n3cccn3)cc2)CC1.